The lowest BCUT2D eigenvalue weighted by molar-refractivity contribution is -0.127. The second-order valence-electron chi connectivity index (χ2n) is 5.53. The van der Waals surface area contributed by atoms with E-state index in [9.17, 15) is 4.79 Å². The van der Waals surface area contributed by atoms with E-state index in [2.05, 4.69) is 27.5 Å². The summed E-state index contributed by atoms with van der Waals surface area (Å²) in [5.41, 5.74) is 1.06. The van der Waals surface area contributed by atoms with Crippen LogP contribution in [0.15, 0.2) is 4.99 Å². The van der Waals surface area contributed by atoms with Gasteiger partial charge in [-0.15, -0.1) is 35.3 Å². The fourth-order valence-corrected chi connectivity index (χ4v) is 2.64. The van der Waals surface area contributed by atoms with E-state index >= 15 is 0 Å². The normalized spacial score (nSPS) is 11.0. The lowest BCUT2D eigenvalue weighted by atomic mass is 10.4. The van der Waals surface area contributed by atoms with Crippen molar-refractivity contribution in [2.24, 2.45) is 4.99 Å². The van der Waals surface area contributed by atoms with E-state index in [0.29, 0.717) is 19.1 Å². The SMILES string of the molecule is CCOCCCNC(=NCC(=O)N(C)C)NCc1nc(C)c(C)s1.I. The molecule has 2 N–H and O–H groups in total. The van der Waals surface area contributed by atoms with Gasteiger partial charge >= 0.3 is 0 Å². The van der Waals surface area contributed by atoms with Gasteiger partial charge in [0.1, 0.15) is 11.6 Å². The van der Waals surface area contributed by atoms with Crippen molar-refractivity contribution in [3.63, 3.8) is 0 Å². The molecule has 144 valence electrons. The molecule has 1 amide bonds. The summed E-state index contributed by atoms with van der Waals surface area (Å²) < 4.78 is 5.32. The topological polar surface area (TPSA) is 78.8 Å². The predicted molar refractivity (Wildman–Crippen MR) is 114 cm³/mol. The quantitative estimate of drug-likeness (QED) is 0.243. The third-order valence-electron chi connectivity index (χ3n) is 3.31. The number of hydrogen-bond acceptors (Lipinski definition) is 5. The van der Waals surface area contributed by atoms with Gasteiger partial charge in [0.15, 0.2) is 5.96 Å². The number of nitrogens with zero attached hydrogens (tertiary/aromatic N) is 3. The van der Waals surface area contributed by atoms with Gasteiger partial charge in [0.2, 0.25) is 5.91 Å². The number of carbonyl (C=O) groups is 1. The maximum Gasteiger partial charge on any atom is 0.243 e. The Morgan fingerprint density at radius 2 is 2.04 bits per heavy atom. The molecular formula is C16H30IN5O2S. The standard InChI is InChI=1S/C16H29N5O2S.HI/c1-6-23-9-7-8-17-16(19-11-15(22)21(4)5)18-10-14-20-12(2)13(3)24-14;/h6-11H2,1-5H3,(H2,17,18,19);1H. The van der Waals surface area contributed by atoms with Crippen LogP contribution in [0, 0.1) is 13.8 Å². The van der Waals surface area contributed by atoms with Crippen molar-refractivity contribution < 1.29 is 9.53 Å². The second-order valence-corrected chi connectivity index (χ2v) is 6.82. The number of rotatable bonds is 9. The molecule has 7 nitrogen and oxygen atoms in total. The van der Waals surface area contributed by atoms with E-state index in [0.717, 1.165) is 30.3 Å². The van der Waals surface area contributed by atoms with Crippen molar-refractivity contribution in [2.75, 3.05) is 40.4 Å². The molecule has 0 atom stereocenters. The molecule has 0 saturated heterocycles. The van der Waals surface area contributed by atoms with Crippen LogP contribution in [0.2, 0.25) is 0 Å². The maximum atomic E-state index is 11.7. The predicted octanol–water partition coefficient (Wildman–Crippen LogP) is 1.93. The zero-order chi connectivity index (χ0) is 17.9. The highest BCUT2D eigenvalue weighted by Gasteiger charge is 2.07. The van der Waals surface area contributed by atoms with E-state index < -0.39 is 0 Å². The minimum absolute atomic E-state index is 0. The number of guanidine groups is 1. The number of hydrogen-bond donors (Lipinski definition) is 2. The van der Waals surface area contributed by atoms with Crippen LogP contribution in [0.1, 0.15) is 28.9 Å². The van der Waals surface area contributed by atoms with Gasteiger partial charge in [-0.05, 0) is 27.2 Å². The van der Waals surface area contributed by atoms with Crippen LogP contribution in [-0.2, 0) is 16.1 Å². The van der Waals surface area contributed by atoms with Crippen LogP contribution < -0.4 is 10.6 Å². The number of likely N-dealkylation sites (N-methyl/N-ethyl adjacent to an activating group) is 1. The minimum Gasteiger partial charge on any atom is -0.382 e. The summed E-state index contributed by atoms with van der Waals surface area (Å²) in [6.07, 6.45) is 0.881. The Morgan fingerprint density at radius 1 is 1.32 bits per heavy atom. The summed E-state index contributed by atoms with van der Waals surface area (Å²) in [5.74, 6) is 0.582. The first-order valence-corrected chi connectivity index (χ1v) is 8.98. The Bertz CT molecular complexity index is 529. The molecule has 1 aromatic heterocycles. The number of thiazole rings is 1. The summed E-state index contributed by atoms with van der Waals surface area (Å²) in [6.45, 7) is 8.91. The summed E-state index contributed by atoms with van der Waals surface area (Å²) in [5, 5.41) is 7.47. The second kappa shape index (κ2) is 13.3. The van der Waals surface area contributed by atoms with Gasteiger partial charge in [0, 0.05) is 38.7 Å². The van der Waals surface area contributed by atoms with Crippen molar-refractivity contribution >= 4 is 47.2 Å². The lowest BCUT2D eigenvalue weighted by Crippen LogP contribution is -2.39. The number of aryl methyl sites for hydroxylation is 2. The van der Waals surface area contributed by atoms with Crippen LogP contribution in [0.25, 0.3) is 0 Å². The first-order chi connectivity index (χ1) is 11.4. The third-order valence-corrected chi connectivity index (χ3v) is 4.39. The highest BCUT2D eigenvalue weighted by atomic mass is 127. The van der Waals surface area contributed by atoms with Crippen LogP contribution >= 0.6 is 35.3 Å². The van der Waals surface area contributed by atoms with Crippen molar-refractivity contribution in [3.05, 3.63) is 15.6 Å². The molecule has 1 heterocycles. The Kier molecular flexibility index (Phi) is 12.8. The Balaban J connectivity index is 0.00000576. The molecule has 9 heteroatoms. The molecule has 1 aromatic rings. The molecule has 0 bridgehead atoms. The molecule has 0 radical (unpaired) electrons. The van der Waals surface area contributed by atoms with Crippen LogP contribution in [0.4, 0.5) is 0 Å². The van der Waals surface area contributed by atoms with Crippen molar-refractivity contribution in [1.29, 1.82) is 0 Å². The van der Waals surface area contributed by atoms with Crippen LogP contribution in [-0.4, -0.2) is 62.1 Å². The lowest BCUT2D eigenvalue weighted by Gasteiger charge is -2.13. The molecule has 0 fully saturated rings. The fourth-order valence-electron chi connectivity index (χ4n) is 1.76. The van der Waals surface area contributed by atoms with Crippen molar-refractivity contribution in [2.45, 2.75) is 33.7 Å². The molecule has 0 aliphatic rings. The van der Waals surface area contributed by atoms with E-state index in [-0.39, 0.29) is 36.4 Å². The van der Waals surface area contributed by atoms with Gasteiger partial charge in [-0.25, -0.2) is 9.98 Å². The van der Waals surface area contributed by atoms with Gasteiger partial charge in [-0.2, -0.15) is 0 Å². The van der Waals surface area contributed by atoms with Gasteiger partial charge in [0.05, 0.1) is 12.2 Å². The van der Waals surface area contributed by atoms with E-state index in [1.165, 1.54) is 9.78 Å². The largest absolute Gasteiger partial charge is 0.382 e. The first-order valence-electron chi connectivity index (χ1n) is 8.17. The molecule has 0 spiro atoms. The summed E-state index contributed by atoms with van der Waals surface area (Å²) in [7, 11) is 3.45. The highest BCUT2D eigenvalue weighted by Crippen LogP contribution is 2.15. The van der Waals surface area contributed by atoms with Gasteiger partial charge in [-0.3, -0.25) is 4.79 Å². The molecule has 0 aliphatic carbocycles. The summed E-state index contributed by atoms with van der Waals surface area (Å²) >= 11 is 1.67. The highest BCUT2D eigenvalue weighted by molar-refractivity contribution is 14.0. The van der Waals surface area contributed by atoms with Crippen LogP contribution in [0.5, 0.6) is 0 Å². The Hall–Kier alpha value is -0.940. The molecular weight excluding hydrogens is 453 g/mol. The fraction of sp³-hybridized carbons (Fsp3) is 0.688. The summed E-state index contributed by atoms with van der Waals surface area (Å²) in [4.78, 5) is 23.3. The number of ether oxygens (including phenoxy) is 1. The van der Waals surface area contributed by atoms with Crippen LogP contribution in [0.3, 0.4) is 0 Å². The van der Waals surface area contributed by atoms with Gasteiger partial charge < -0.3 is 20.3 Å². The molecule has 0 saturated carbocycles. The minimum atomic E-state index is -0.0358. The van der Waals surface area contributed by atoms with E-state index in [1.54, 1.807) is 25.4 Å². The first kappa shape index (κ1) is 24.1. The maximum absolute atomic E-state index is 11.7. The molecule has 1 rings (SSSR count). The average molecular weight is 483 g/mol. The van der Waals surface area contributed by atoms with E-state index in [4.69, 9.17) is 4.74 Å². The zero-order valence-corrected chi connectivity index (χ0v) is 18.9. The number of aromatic nitrogens is 1. The van der Waals surface area contributed by atoms with Gasteiger partial charge in [-0.1, -0.05) is 0 Å². The smallest absolute Gasteiger partial charge is 0.243 e. The van der Waals surface area contributed by atoms with E-state index in [1.807, 2.05) is 13.8 Å². The van der Waals surface area contributed by atoms with Gasteiger partial charge in [0.25, 0.3) is 0 Å². The molecule has 0 aliphatic heterocycles. The number of halogens is 1. The molecule has 0 unspecified atom stereocenters. The Morgan fingerprint density at radius 3 is 2.60 bits per heavy atom. The number of aliphatic imine (C=N–C) groups is 1. The molecule has 0 aromatic carbocycles. The zero-order valence-electron chi connectivity index (χ0n) is 15.7. The number of carbonyl (C=O) groups excluding carboxylic acids is 1. The third kappa shape index (κ3) is 9.95. The number of nitrogens with one attached hydrogen (secondary N) is 2. The Labute approximate surface area is 171 Å². The van der Waals surface area contributed by atoms with Crippen molar-refractivity contribution in [1.82, 2.24) is 20.5 Å². The summed E-state index contributed by atoms with van der Waals surface area (Å²) in [6, 6.07) is 0. The monoisotopic (exact) mass is 483 g/mol. The average Bonchev–Trinajstić information content (AvgIpc) is 2.86. The molecule has 25 heavy (non-hydrogen) atoms. The van der Waals surface area contributed by atoms with Crippen molar-refractivity contribution in [3.8, 4) is 0 Å². The number of amides is 1.